The SMILES string of the molecule is C[C@@H]1Cc2ccccc2N1C(=O)CN(C)Cc1ccc(Br)cc1. The summed E-state index contributed by atoms with van der Waals surface area (Å²) in [5.41, 5.74) is 3.55. The van der Waals surface area contributed by atoms with Gasteiger partial charge in [0, 0.05) is 22.7 Å². The number of anilines is 1. The Hall–Kier alpha value is -1.65. The van der Waals surface area contributed by atoms with E-state index in [2.05, 4.69) is 46.0 Å². The highest BCUT2D eigenvalue weighted by Crippen LogP contribution is 2.31. The number of fused-ring (bicyclic) bond motifs is 1. The van der Waals surface area contributed by atoms with Crippen LogP contribution in [0.15, 0.2) is 53.0 Å². The van der Waals surface area contributed by atoms with Crippen LogP contribution in [0.25, 0.3) is 0 Å². The van der Waals surface area contributed by atoms with E-state index in [1.54, 1.807) is 0 Å². The van der Waals surface area contributed by atoms with Gasteiger partial charge >= 0.3 is 0 Å². The van der Waals surface area contributed by atoms with Crippen molar-refractivity contribution in [3.8, 4) is 0 Å². The molecule has 0 aromatic heterocycles. The number of benzene rings is 2. The van der Waals surface area contributed by atoms with Gasteiger partial charge in [0.1, 0.15) is 0 Å². The van der Waals surface area contributed by atoms with E-state index in [1.165, 1.54) is 11.1 Å². The van der Waals surface area contributed by atoms with Gasteiger partial charge in [0.05, 0.1) is 6.54 Å². The normalized spacial score (nSPS) is 16.7. The topological polar surface area (TPSA) is 23.6 Å². The van der Waals surface area contributed by atoms with Gasteiger partial charge in [0.25, 0.3) is 0 Å². The Morgan fingerprint density at radius 3 is 2.65 bits per heavy atom. The molecular weight excluding hydrogens is 352 g/mol. The maximum absolute atomic E-state index is 12.7. The second-order valence-corrected chi connectivity index (χ2v) is 7.16. The van der Waals surface area contributed by atoms with E-state index in [0.29, 0.717) is 6.54 Å². The van der Waals surface area contributed by atoms with Gasteiger partial charge < -0.3 is 4.90 Å². The van der Waals surface area contributed by atoms with Gasteiger partial charge in [0.15, 0.2) is 0 Å². The second kappa shape index (κ2) is 6.85. The first-order valence-corrected chi connectivity index (χ1v) is 8.67. The number of hydrogen-bond acceptors (Lipinski definition) is 2. The Bertz CT molecular complexity index is 699. The van der Waals surface area contributed by atoms with E-state index < -0.39 is 0 Å². The quantitative estimate of drug-likeness (QED) is 0.813. The average Bonchev–Trinajstić information content (AvgIpc) is 2.85. The highest BCUT2D eigenvalue weighted by atomic mass is 79.9. The minimum atomic E-state index is 0.169. The maximum atomic E-state index is 12.7. The van der Waals surface area contributed by atoms with Crippen molar-refractivity contribution in [2.45, 2.75) is 25.9 Å². The van der Waals surface area contributed by atoms with Gasteiger partial charge in [-0.3, -0.25) is 9.69 Å². The van der Waals surface area contributed by atoms with Crippen LogP contribution in [0.5, 0.6) is 0 Å². The number of likely N-dealkylation sites (N-methyl/N-ethyl adjacent to an activating group) is 1. The average molecular weight is 373 g/mol. The van der Waals surface area contributed by atoms with Gasteiger partial charge in [-0.05, 0) is 49.7 Å². The summed E-state index contributed by atoms with van der Waals surface area (Å²) in [6.07, 6.45) is 0.943. The predicted octanol–water partition coefficient (Wildman–Crippen LogP) is 3.86. The monoisotopic (exact) mass is 372 g/mol. The molecule has 3 nitrogen and oxygen atoms in total. The number of para-hydroxylation sites is 1. The lowest BCUT2D eigenvalue weighted by Gasteiger charge is -2.25. The van der Waals surface area contributed by atoms with E-state index in [1.807, 2.05) is 42.3 Å². The third-order valence-electron chi connectivity index (χ3n) is 4.25. The standard InChI is InChI=1S/C19H21BrN2O/c1-14-11-16-5-3-4-6-18(16)22(14)19(23)13-21(2)12-15-7-9-17(20)10-8-15/h3-10,14H,11-13H2,1-2H3/t14-/m1/s1. The molecule has 1 heterocycles. The summed E-state index contributed by atoms with van der Waals surface area (Å²) < 4.78 is 1.07. The number of nitrogens with zero attached hydrogens (tertiary/aromatic N) is 2. The van der Waals surface area contributed by atoms with Gasteiger partial charge in [0.2, 0.25) is 5.91 Å². The molecule has 1 amide bonds. The Balaban J connectivity index is 1.66. The highest BCUT2D eigenvalue weighted by Gasteiger charge is 2.30. The molecule has 1 aliphatic heterocycles. The molecule has 0 spiro atoms. The van der Waals surface area contributed by atoms with Crippen molar-refractivity contribution in [1.82, 2.24) is 4.90 Å². The molecule has 1 atom stereocenters. The zero-order chi connectivity index (χ0) is 16.4. The number of carbonyl (C=O) groups is 1. The smallest absolute Gasteiger partial charge is 0.241 e. The van der Waals surface area contributed by atoms with Crippen molar-refractivity contribution >= 4 is 27.5 Å². The fraction of sp³-hybridized carbons (Fsp3) is 0.316. The molecule has 1 aliphatic rings. The third-order valence-corrected chi connectivity index (χ3v) is 4.78. The summed E-state index contributed by atoms with van der Waals surface area (Å²) in [4.78, 5) is 16.8. The number of carbonyl (C=O) groups excluding carboxylic acids is 1. The minimum absolute atomic E-state index is 0.169. The van der Waals surface area contributed by atoms with Crippen LogP contribution in [0.4, 0.5) is 5.69 Å². The molecule has 2 aromatic carbocycles. The summed E-state index contributed by atoms with van der Waals surface area (Å²) in [6, 6.07) is 16.7. The Morgan fingerprint density at radius 2 is 1.91 bits per heavy atom. The Kier molecular flexibility index (Phi) is 4.83. The zero-order valence-corrected chi connectivity index (χ0v) is 15.1. The summed E-state index contributed by atoms with van der Waals surface area (Å²) in [5, 5.41) is 0. The number of hydrogen-bond donors (Lipinski definition) is 0. The van der Waals surface area contributed by atoms with Gasteiger partial charge in [-0.25, -0.2) is 0 Å². The van der Waals surface area contributed by atoms with E-state index in [4.69, 9.17) is 0 Å². The predicted molar refractivity (Wildman–Crippen MR) is 97.6 cm³/mol. The van der Waals surface area contributed by atoms with Crippen LogP contribution in [0, 0.1) is 0 Å². The lowest BCUT2D eigenvalue weighted by molar-refractivity contribution is -0.119. The van der Waals surface area contributed by atoms with E-state index in [0.717, 1.165) is 23.1 Å². The lowest BCUT2D eigenvalue weighted by atomic mass is 10.1. The molecule has 0 saturated carbocycles. The van der Waals surface area contributed by atoms with Crippen LogP contribution in [0.1, 0.15) is 18.1 Å². The van der Waals surface area contributed by atoms with Crippen molar-refractivity contribution in [2.75, 3.05) is 18.5 Å². The second-order valence-electron chi connectivity index (χ2n) is 6.24. The van der Waals surface area contributed by atoms with Crippen LogP contribution >= 0.6 is 15.9 Å². The third kappa shape index (κ3) is 3.65. The first kappa shape index (κ1) is 16.2. The number of halogens is 1. The largest absolute Gasteiger partial charge is 0.308 e. The molecule has 2 aromatic rings. The molecule has 0 radical (unpaired) electrons. The van der Waals surface area contributed by atoms with Crippen LogP contribution < -0.4 is 4.90 Å². The highest BCUT2D eigenvalue weighted by molar-refractivity contribution is 9.10. The molecule has 0 bridgehead atoms. The van der Waals surface area contributed by atoms with Crippen molar-refractivity contribution in [2.24, 2.45) is 0 Å². The summed E-state index contributed by atoms with van der Waals surface area (Å²) in [6.45, 7) is 3.31. The van der Waals surface area contributed by atoms with Crippen LogP contribution in [-0.4, -0.2) is 30.4 Å². The van der Waals surface area contributed by atoms with Crippen LogP contribution in [0.3, 0.4) is 0 Å². The van der Waals surface area contributed by atoms with Crippen LogP contribution in [0.2, 0.25) is 0 Å². The molecule has 0 unspecified atom stereocenters. The van der Waals surface area contributed by atoms with Gasteiger partial charge in [-0.2, -0.15) is 0 Å². The van der Waals surface area contributed by atoms with E-state index in [-0.39, 0.29) is 11.9 Å². The van der Waals surface area contributed by atoms with Gasteiger partial charge in [-0.1, -0.05) is 46.3 Å². The first-order valence-electron chi connectivity index (χ1n) is 7.87. The molecule has 23 heavy (non-hydrogen) atoms. The van der Waals surface area contributed by atoms with Crippen molar-refractivity contribution in [3.05, 3.63) is 64.1 Å². The maximum Gasteiger partial charge on any atom is 0.241 e. The van der Waals surface area contributed by atoms with Crippen molar-refractivity contribution in [1.29, 1.82) is 0 Å². The molecule has 0 aliphatic carbocycles. The molecule has 0 N–H and O–H groups in total. The molecule has 120 valence electrons. The van der Waals surface area contributed by atoms with Crippen molar-refractivity contribution in [3.63, 3.8) is 0 Å². The number of amides is 1. The molecular formula is C19H21BrN2O. The Labute approximate surface area is 146 Å². The molecule has 4 heteroatoms. The summed E-state index contributed by atoms with van der Waals surface area (Å²) in [5.74, 6) is 0.169. The summed E-state index contributed by atoms with van der Waals surface area (Å²) >= 11 is 3.44. The minimum Gasteiger partial charge on any atom is -0.308 e. The summed E-state index contributed by atoms with van der Waals surface area (Å²) in [7, 11) is 1.99. The fourth-order valence-electron chi connectivity index (χ4n) is 3.21. The molecule has 3 rings (SSSR count). The Morgan fingerprint density at radius 1 is 1.22 bits per heavy atom. The molecule has 0 fully saturated rings. The fourth-order valence-corrected chi connectivity index (χ4v) is 3.47. The lowest BCUT2D eigenvalue weighted by Crippen LogP contribution is -2.41. The van der Waals surface area contributed by atoms with Crippen molar-refractivity contribution < 1.29 is 4.79 Å². The first-order chi connectivity index (χ1) is 11.0. The zero-order valence-electron chi connectivity index (χ0n) is 13.5. The van der Waals surface area contributed by atoms with E-state index >= 15 is 0 Å². The van der Waals surface area contributed by atoms with Crippen LogP contribution in [-0.2, 0) is 17.8 Å². The number of rotatable bonds is 4. The van der Waals surface area contributed by atoms with E-state index in [9.17, 15) is 4.79 Å². The van der Waals surface area contributed by atoms with Gasteiger partial charge in [-0.15, -0.1) is 0 Å². The molecule has 0 saturated heterocycles.